The zero-order valence-corrected chi connectivity index (χ0v) is 16.1. The number of piperidine rings is 1. The number of nitrogens with one attached hydrogen (secondary N) is 1. The average Bonchev–Trinajstić information content (AvgIpc) is 3.10. The summed E-state index contributed by atoms with van der Waals surface area (Å²) in [6.45, 7) is 9.23. The SMILES string of the molecule is CC1(C)CCN(c2cnc3c(n2)CN=C3N2CCNc3ccccc32)CC1. The van der Waals surface area contributed by atoms with Crippen LogP contribution >= 0.6 is 0 Å². The van der Waals surface area contributed by atoms with Crippen molar-refractivity contribution in [2.24, 2.45) is 10.4 Å². The molecular formula is C21H26N6. The van der Waals surface area contributed by atoms with Crippen molar-refractivity contribution in [3.63, 3.8) is 0 Å². The number of nitrogens with zero attached hydrogens (tertiary/aromatic N) is 5. The Bertz CT molecular complexity index is 893. The van der Waals surface area contributed by atoms with Gasteiger partial charge in [0.15, 0.2) is 5.84 Å². The summed E-state index contributed by atoms with van der Waals surface area (Å²) in [4.78, 5) is 19.2. The van der Waals surface area contributed by atoms with Gasteiger partial charge in [0.2, 0.25) is 0 Å². The van der Waals surface area contributed by atoms with Gasteiger partial charge in [-0.15, -0.1) is 0 Å². The number of hydrogen-bond donors (Lipinski definition) is 1. The second kappa shape index (κ2) is 6.22. The third-order valence-corrected chi connectivity index (χ3v) is 5.96. The van der Waals surface area contributed by atoms with Crippen LogP contribution in [-0.4, -0.2) is 42.0 Å². The van der Waals surface area contributed by atoms with E-state index in [0.29, 0.717) is 12.0 Å². The minimum Gasteiger partial charge on any atom is -0.382 e. The van der Waals surface area contributed by atoms with E-state index in [1.165, 1.54) is 18.5 Å². The zero-order valence-electron chi connectivity index (χ0n) is 16.1. The molecule has 0 saturated carbocycles. The van der Waals surface area contributed by atoms with Crippen LogP contribution in [0.1, 0.15) is 38.1 Å². The number of benzene rings is 1. The van der Waals surface area contributed by atoms with E-state index in [0.717, 1.165) is 54.9 Å². The van der Waals surface area contributed by atoms with Crippen LogP contribution in [0.5, 0.6) is 0 Å². The van der Waals surface area contributed by atoms with Crippen LogP contribution in [0.4, 0.5) is 17.2 Å². The first-order valence-corrected chi connectivity index (χ1v) is 9.87. The molecule has 6 heteroatoms. The van der Waals surface area contributed by atoms with Crippen LogP contribution in [0.2, 0.25) is 0 Å². The zero-order chi connectivity index (χ0) is 18.4. The summed E-state index contributed by atoms with van der Waals surface area (Å²) in [7, 11) is 0. The van der Waals surface area contributed by atoms with Crippen molar-refractivity contribution in [3.05, 3.63) is 41.9 Å². The van der Waals surface area contributed by atoms with Gasteiger partial charge in [0.1, 0.15) is 11.5 Å². The molecule has 0 bridgehead atoms. The molecule has 0 atom stereocenters. The Morgan fingerprint density at radius 2 is 1.89 bits per heavy atom. The molecule has 27 heavy (non-hydrogen) atoms. The largest absolute Gasteiger partial charge is 0.382 e. The molecule has 1 fully saturated rings. The van der Waals surface area contributed by atoms with Gasteiger partial charge in [-0.25, -0.2) is 9.97 Å². The topological polar surface area (TPSA) is 56.7 Å². The van der Waals surface area contributed by atoms with Crippen molar-refractivity contribution in [2.75, 3.05) is 41.3 Å². The second-order valence-electron chi connectivity index (χ2n) is 8.41. The molecule has 140 valence electrons. The average molecular weight is 362 g/mol. The highest BCUT2D eigenvalue weighted by Crippen LogP contribution is 2.34. The summed E-state index contributed by atoms with van der Waals surface area (Å²) in [6.07, 6.45) is 4.34. The smallest absolute Gasteiger partial charge is 0.156 e. The van der Waals surface area contributed by atoms with E-state index < -0.39 is 0 Å². The monoisotopic (exact) mass is 362 g/mol. The first-order chi connectivity index (χ1) is 13.1. The van der Waals surface area contributed by atoms with Crippen LogP contribution in [0, 0.1) is 5.41 Å². The summed E-state index contributed by atoms with van der Waals surface area (Å²) in [5.74, 6) is 1.96. The van der Waals surface area contributed by atoms with Gasteiger partial charge in [0.05, 0.1) is 29.8 Å². The van der Waals surface area contributed by atoms with Gasteiger partial charge in [0, 0.05) is 26.2 Å². The predicted octanol–water partition coefficient (Wildman–Crippen LogP) is 3.30. The number of amidine groups is 1. The van der Waals surface area contributed by atoms with Gasteiger partial charge in [-0.3, -0.25) is 4.99 Å². The molecule has 3 aliphatic rings. The molecule has 0 amide bonds. The quantitative estimate of drug-likeness (QED) is 0.844. The van der Waals surface area contributed by atoms with Gasteiger partial charge in [-0.1, -0.05) is 26.0 Å². The highest BCUT2D eigenvalue weighted by Gasteiger charge is 2.30. The molecule has 1 N–H and O–H groups in total. The Hall–Kier alpha value is -2.63. The normalized spacial score (nSPS) is 20.6. The minimum absolute atomic E-state index is 0.437. The van der Waals surface area contributed by atoms with Gasteiger partial charge in [-0.2, -0.15) is 0 Å². The van der Waals surface area contributed by atoms with E-state index in [-0.39, 0.29) is 0 Å². The van der Waals surface area contributed by atoms with Gasteiger partial charge in [-0.05, 0) is 30.4 Å². The van der Waals surface area contributed by atoms with E-state index in [1.54, 1.807) is 0 Å². The summed E-state index contributed by atoms with van der Waals surface area (Å²) in [6, 6.07) is 8.39. The minimum atomic E-state index is 0.437. The molecule has 0 aliphatic carbocycles. The number of aliphatic imine (C=N–C) groups is 1. The predicted molar refractivity (Wildman–Crippen MR) is 110 cm³/mol. The summed E-state index contributed by atoms with van der Waals surface area (Å²) in [5.41, 5.74) is 4.70. The highest BCUT2D eigenvalue weighted by atomic mass is 15.3. The van der Waals surface area contributed by atoms with Crippen molar-refractivity contribution in [3.8, 4) is 0 Å². The number of hydrogen-bond acceptors (Lipinski definition) is 6. The lowest BCUT2D eigenvalue weighted by atomic mass is 9.83. The van der Waals surface area contributed by atoms with Crippen LogP contribution in [0.15, 0.2) is 35.5 Å². The van der Waals surface area contributed by atoms with E-state index in [9.17, 15) is 0 Å². The fourth-order valence-electron chi connectivity index (χ4n) is 4.15. The first kappa shape index (κ1) is 16.5. The number of anilines is 3. The Morgan fingerprint density at radius 1 is 1.07 bits per heavy atom. The Labute approximate surface area is 160 Å². The molecule has 1 aromatic carbocycles. The molecule has 1 saturated heterocycles. The number of rotatable bonds is 1. The molecule has 5 rings (SSSR count). The maximum atomic E-state index is 4.93. The first-order valence-electron chi connectivity index (χ1n) is 9.87. The standard InChI is InChI=1S/C21H26N6/c1-21(2)7-10-26(11-8-21)18-14-23-19-16(25-18)13-24-20(19)27-12-9-22-15-5-3-4-6-17(15)27/h3-6,14,22H,7-13H2,1-2H3. The number of para-hydroxylation sites is 2. The molecule has 0 radical (unpaired) electrons. The molecule has 2 aromatic rings. The van der Waals surface area contributed by atoms with Gasteiger partial charge in [0.25, 0.3) is 0 Å². The third kappa shape index (κ3) is 2.93. The van der Waals surface area contributed by atoms with E-state index >= 15 is 0 Å². The maximum absolute atomic E-state index is 4.93. The molecule has 4 heterocycles. The maximum Gasteiger partial charge on any atom is 0.156 e. The lowest BCUT2D eigenvalue weighted by Gasteiger charge is -2.37. The van der Waals surface area contributed by atoms with Crippen molar-refractivity contribution in [1.29, 1.82) is 0 Å². The Balaban J connectivity index is 1.41. The molecule has 6 nitrogen and oxygen atoms in total. The highest BCUT2D eigenvalue weighted by molar-refractivity contribution is 6.12. The van der Waals surface area contributed by atoms with Crippen molar-refractivity contribution in [1.82, 2.24) is 9.97 Å². The fourth-order valence-corrected chi connectivity index (χ4v) is 4.15. The second-order valence-corrected chi connectivity index (χ2v) is 8.41. The van der Waals surface area contributed by atoms with Crippen LogP contribution in [-0.2, 0) is 6.54 Å². The van der Waals surface area contributed by atoms with Crippen molar-refractivity contribution in [2.45, 2.75) is 33.2 Å². The summed E-state index contributed by atoms with van der Waals surface area (Å²) in [5, 5.41) is 3.46. The lowest BCUT2D eigenvalue weighted by Crippen LogP contribution is -2.39. The lowest BCUT2D eigenvalue weighted by molar-refractivity contribution is 0.279. The summed E-state index contributed by atoms with van der Waals surface area (Å²) >= 11 is 0. The molecule has 0 unspecified atom stereocenters. The third-order valence-electron chi connectivity index (χ3n) is 5.96. The van der Waals surface area contributed by atoms with Crippen molar-refractivity contribution >= 4 is 23.0 Å². The van der Waals surface area contributed by atoms with Crippen molar-refractivity contribution < 1.29 is 0 Å². The van der Waals surface area contributed by atoms with Crippen LogP contribution < -0.4 is 15.1 Å². The van der Waals surface area contributed by atoms with Crippen LogP contribution in [0.25, 0.3) is 0 Å². The van der Waals surface area contributed by atoms with E-state index in [4.69, 9.17) is 15.0 Å². The molecule has 3 aliphatic heterocycles. The molecule has 0 spiro atoms. The van der Waals surface area contributed by atoms with Crippen LogP contribution in [0.3, 0.4) is 0 Å². The molecular weight excluding hydrogens is 336 g/mol. The summed E-state index contributed by atoms with van der Waals surface area (Å²) < 4.78 is 0. The number of aromatic nitrogens is 2. The Kier molecular flexibility index (Phi) is 3.81. The Morgan fingerprint density at radius 3 is 2.74 bits per heavy atom. The van der Waals surface area contributed by atoms with E-state index in [1.807, 2.05) is 6.20 Å². The fraction of sp³-hybridized carbons (Fsp3) is 0.476. The van der Waals surface area contributed by atoms with Gasteiger partial charge < -0.3 is 15.1 Å². The van der Waals surface area contributed by atoms with E-state index in [2.05, 4.69) is 53.2 Å². The number of fused-ring (bicyclic) bond motifs is 2. The molecule has 1 aromatic heterocycles. The van der Waals surface area contributed by atoms with Gasteiger partial charge >= 0.3 is 0 Å².